The summed E-state index contributed by atoms with van der Waals surface area (Å²) in [6, 6.07) is 9.56. The number of imidazole rings is 1. The van der Waals surface area contributed by atoms with Gasteiger partial charge in [-0.05, 0) is 18.4 Å². The van der Waals surface area contributed by atoms with Gasteiger partial charge in [0, 0.05) is 25.2 Å². The molecule has 0 unspecified atom stereocenters. The van der Waals surface area contributed by atoms with E-state index >= 15 is 0 Å². The zero-order valence-electron chi connectivity index (χ0n) is 11.8. The first-order chi connectivity index (χ1) is 10.3. The summed E-state index contributed by atoms with van der Waals surface area (Å²) in [5, 5.41) is 0. The lowest BCUT2D eigenvalue weighted by Gasteiger charge is -2.05. The first-order valence-corrected chi connectivity index (χ1v) is 6.96. The number of carbonyl (C=O) groups is 2. The highest BCUT2D eigenvalue weighted by Crippen LogP contribution is 2.06. The van der Waals surface area contributed by atoms with Gasteiger partial charge in [0.15, 0.2) is 0 Å². The Morgan fingerprint density at radius 2 is 1.86 bits per heavy atom. The van der Waals surface area contributed by atoms with Crippen LogP contribution in [0.15, 0.2) is 49.1 Å². The standard InChI is InChI=1S/C16H18N2O3/c19-15(18-11-10-17-13-18)8-4-5-9-16(20)21-12-14-6-2-1-3-7-14/h1-3,6-7,10-11,13H,4-5,8-9,12H2. The zero-order chi connectivity index (χ0) is 14.9. The van der Waals surface area contributed by atoms with Crippen molar-refractivity contribution in [1.82, 2.24) is 9.55 Å². The van der Waals surface area contributed by atoms with E-state index in [4.69, 9.17) is 4.74 Å². The summed E-state index contributed by atoms with van der Waals surface area (Å²) in [6.45, 7) is 0.299. The molecule has 21 heavy (non-hydrogen) atoms. The van der Waals surface area contributed by atoms with Crippen molar-refractivity contribution in [2.75, 3.05) is 0 Å². The quantitative estimate of drug-likeness (QED) is 0.580. The van der Waals surface area contributed by atoms with Crippen LogP contribution in [0.2, 0.25) is 0 Å². The monoisotopic (exact) mass is 286 g/mol. The van der Waals surface area contributed by atoms with E-state index in [1.54, 1.807) is 12.4 Å². The zero-order valence-corrected chi connectivity index (χ0v) is 11.8. The second-order valence-electron chi connectivity index (χ2n) is 4.72. The second-order valence-corrected chi connectivity index (χ2v) is 4.72. The van der Waals surface area contributed by atoms with Crippen LogP contribution in [0.3, 0.4) is 0 Å². The van der Waals surface area contributed by atoms with Crippen LogP contribution in [-0.2, 0) is 16.1 Å². The largest absolute Gasteiger partial charge is 0.461 e. The number of rotatable bonds is 7. The molecular formula is C16H18N2O3. The fraction of sp³-hybridized carbons (Fsp3) is 0.312. The molecule has 0 radical (unpaired) electrons. The third-order valence-electron chi connectivity index (χ3n) is 3.06. The Labute approximate surface area is 123 Å². The summed E-state index contributed by atoms with van der Waals surface area (Å²) in [5.41, 5.74) is 0.973. The van der Waals surface area contributed by atoms with Crippen molar-refractivity contribution < 1.29 is 14.3 Å². The SMILES string of the molecule is O=C(CCCCC(=O)n1ccnc1)OCc1ccccc1. The van der Waals surface area contributed by atoms with Crippen molar-refractivity contribution in [1.29, 1.82) is 0 Å². The van der Waals surface area contributed by atoms with E-state index in [1.165, 1.54) is 10.9 Å². The van der Waals surface area contributed by atoms with Crippen molar-refractivity contribution >= 4 is 11.9 Å². The highest BCUT2D eigenvalue weighted by atomic mass is 16.5. The Kier molecular flexibility index (Phi) is 5.70. The molecule has 2 aromatic rings. The predicted molar refractivity (Wildman–Crippen MR) is 77.6 cm³/mol. The number of hydrogen-bond donors (Lipinski definition) is 0. The molecule has 0 atom stereocenters. The van der Waals surface area contributed by atoms with Crippen LogP contribution in [0.4, 0.5) is 0 Å². The van der Waals surface area contributed by atoms with Gasteiger partial charge in [0.05, 0.1) is 0 Å². The third-order valence-corrected chi connectivity index (χ3v) is 3.06. The van der Waals surface area contributed by atoms with Gasteiger partial charge in [0.1, 0.15) is 12.9 Å². The average Bonchev–Trinajstić information content (AvgIpc) is 3.05. The van der Waals surface area contributed by atoms with E-state index < -0.39 is 0 Å². The van der Waals surface area contributed by atoms with Gasteiger partial charge in [0.2, 0.25) is 5.91 Å². The number of unbranched alkanes of at least 4 members (excludes halogenated alkanes) is 1. The Bertz CT molecular complexity index is 564. The lowest BCUT2D eigenvalue weighted by atomic mass is 10.2. The third kappa shape index (κ3) is 5.22. The summed E-state index contributed by atoms with van der Waals surface area (Å²) in [5.74, 6) is -0.237. The van der Waals surface area contributed by atoms with E-state index in [-0.39, 0.29) is 11.9 Å². The lowest BCUT2D eigenvalue weighted by Crippen LogP contribution is -2.08. The number of esters is 1. The number of nitrogens with zero attached hydrogens (tertiary/aromatic N) is 2. The number of benzene rings is 1. The smallest absolute Gasteiger partial charge is 0.306 e. The molecule has 0 aliphatic carbocycles. The van der Waals surface area contributed by atoms with Crippen LogP contribution in [0.5, 0.6) is 0 Å². The molecule has 0 N–H and O–H groups in total. The number of hydrogen-bond acceptors (Lipinski definition) is 4. The first-order valence-electron chi connectivity index (χ1n) is 6.96. The molecule has 0 amide bonds. The summed E-state index contributed by atoms with van der Waals surface area (Å²) in [7, 11) is 0. The number of ether oxygens (including phenoxy) is 1. The molecule has 0 spiro atoms. The molecule has 0 bridgehead atoms. The van der Waals surface area contributed by atoms with Crippen LogP contribution in [-0.4, -0.2) is 21.4 Å². The molecule has 1 aromatic heterocycles. The first kappa shape index (κ1) is 15.0. The topological polar surface area (TPSA) is 61.2 Å². The van der Waals surface area contributed by atoms with E-state index in [1.807, 2.05) is 30.3 Å². The highest BCUT2D eigenvalue weighted by molar-refractivity contribution is 5.78. The molecule has 0 aliphatic heterocycles. The van der Waals surface area contributed by atoms with Gasteiger partial charge in [-0.25, -0.2) is 4.98 Å². The van der Waals surface area contributed by atoms with Crippen molar-refractivity contribution in [3.8, 4) is 0 Å². The maximum Gasteiger partial charge on any atom is 0.306 e. The second kappa shape index (κ2) is 7.99. The molecule has 5 nitrogen and oxygen atoms in total. The van der Waals surface area contributed by atoms with Crippen LogP contribution in [0, 0.1) is 0 Å². The Morgan fingerprint density at radius 3 is 2.57 bits per heavy atom. The molecular weight excluding hydrogens is 268 g/mol. The van der Waals surface area contributed by atoms with Gasteiger partial charge in [-0.2, -0.15) is 0 Å². The molecule has 110 valence electrons. The maximum absolute atomic E-state index is 11.7. The molecule has 2 rings (SSSR count). The van der Waals surface area contributed by atoms with Crippen LogP contribution in [0.1, 0.15) is 36.0 Å². The van der Waals surface area contributed by atoms with Gasteiger partial charge >= 0.3 is 5.97 Å². The van der Waals surface area contributed by atoms with Crippen molar-refractivity contribution in [3.05, 3.63) is 54.6 Å². The Hall–Kier alpha value is -2.43. The van der Waals surface area contributed by atoms with Gasteiger partial charge in [-0.1, -0.05) is 30.3 Å². The lowest BCUT2D eigenvalue weighted by molar-refractivity contribution is -0.145. The molecule has 0 saturated heterocycles. The van der Waals surface area contributed by atoms with Crippen LogP contribution in [0.25, 0.3) is 0 Å². The average molecular weight is 286 g/mol. The fourth-order valence-electron chi connectivity index (χ4n) is 1.89. The minimum absolute atomic E-state index is 0.00912. The molecule has 1 heterocycles. The highest BCUT2D eigenvalue weighted by Gasteiger charge is 2.06. The maximum atomic E-state index is 11.7. The normalized spacial score (nSPS) is 10.3. The Morgan fingerprint density at radius 1 is 1.10 bits per heavy atom. The van der Waals surface area contributed by atoms with Crippen molar-refractivity contribution in [3.63, 3.8) is 0 Å². The summed E-state index contributed by atoms with van der Waals surface area (Å²) < 4.78 is 6.62. The molecule has 0 aliphatic rings. The molecule has 5 heteroatoms. The van der Waals surface area contributed by atoms with Gasteiger partial charge in [-0.3, -0.25) is 14.2 Å². The molecule has 1 aromatic carbocycles. The predicted octanol–water partition coefficient (Wildman–Crippen LogP) is 2.83. The molecule has 0 saturated carbocycles. The van der Waals surface area contributed by atoms with Crippen LogP contribution >= 0.6 is 0 Å². The van der Waals surface area contributed by atoms with Crippen molar-refractivity contribution in [2.24, 2.45) is 0 Å². The summed E-state index contributed by atoms with van der Waals surface area (Å²) in [6.07, 6.45) is 6.73. The van der Waals surface area contributed by atoms with E-state index in [2.05, 4.69) is 4.98 Å². The van der Waals surface area contributed by atoms with Gasteiger partial charge in [0.25, 0.3) is 0 Å². The number of carbonyl (C=O) groups excluding carboxylic acids is 2. The van der Waals surface area contributed by atoms with Gasteiger partial charge in [-0.15, -0.1) is 0 Å². The van der Waals surface area contributed by atoms with Crippen molar-refractivity contribution in [2.45, 2.75) is 32.3 Å². The minimum atomic E-state index is -0.228. The summed E-state index contributed by atoms with van der Waals surface area (Å²) in [4.78, 5) is 27.1. The minimum Gasteiger partial charge on any atom is -0.461 e. The summed E-state index contributed by atoms with van der Waals surface area (Å²) >= 11 is 0. The van der Waals surface area contributed by atoms with Gasteiger partial charge < -0.3 is 4.74 Å². The molecule has 0 fully saturated rings. The van der Waals surface area contributed by atoms with E-state index in [0.717, 1.165) is 5.56 Å². The van der Waals surface area contributed by atoms with E-state index in [9.17, 15) is 9.59 Å². The Balaban J connectivity index is 1.58. The van der Waals surface area contributed by atoms with E-state index in [0.29, 0.717) is 32.3 Å². The number of aromatic nitrogens is 2. The fourth-order valence-corrected chi connectivity index (χ4v) is 1.89. The van der Waals surface area contributed by atoms with Crippen LogP contribution < -0.4 is 0 Å².